The quantitative estimate of drug-likeness (QED) is 0.544. The number of amides is 2. The number of carbonyl (C=O) groups is 2. The van der Waals surface area contributed by atoms with Gasteiger partial charge in [-0.25, -0.2) is 4.79 Å². The highest BCUT2D eigenvalue weighted by molar-refractivity contribution is 5.74. The molecule has 150 valence electrons. The number of carboxylic acids is 1. The molecule has 1 fully saturated rings. The van der Waals surface area contributed by atoms with E-state index in [-0.39, 0.29) is 18.0 Å². The first-order chi connectivity index (χ1) is 13.1. The Morgan fingerprint density at radius 2 is 1.81 bits per heavy atom. The second-order valence-corrected chi connectivity index (χ2v) is 6.78. The molecule has 0 radical (unpaired) electrons. The molecular weight excluding hydrogens is 348 g/mol. The molecule has 1 aromatic carbocycles. The van der Waals surface area contributed by atoms with E-state index in [4.69, 9.17) is 14.6 Å². The molecule has 2 amide bonds. The van der Waals surface area contributed by atoms with E-state index < -0.39 is 5.97 Å². The maximum atomic E-state index is 12.1. The van der Waals surface area contributed by atoms with Crippen LogP contribution in [0.4, 0.5) is 4.79 Å². The summed E-state index contributed by atoms with van der Waals surface area (Å²) in [6.07, 6.45) is 2.65. The second kappa shape index (κ2) is 11.6. The summed E-state index contributed by atoms with van der Waals surface area (Å²) in [5.74, 6) is -1.01. The fourth-order valence-corrected chi connectivity index (χ4v) is 3.19. The van der Waals surface area contributed by atoms with Gasteiger partial charge in [0.05, 0.1) is 25.7 Å². The zero-order valence-electron chi connectivity index (χ0n) is 15.9. The molecule has 0 aliphatic heterocycles. The molecule has 7 nitrogen and oxygen atoms in total. The highest BCUT2D eigenvalue weighted by Crippen LogP contribution is 2.24. The highest BCUT2D eigenvalue weighted by atomic mass is 16.5. The SMILES string of the molecule is CCOCCOCc1cccc(CNC(=O)NC2CCC(C(=O)O)CC2)c1. The normalized spacial score (nSPS) is 19.4. The van der Waals surface area contributed by atoms with Crippen LogP contribution in [0.1, 0.15) is 43.7 Å². The van der Waals surface area contributed by atoms with Gasteiger partial charge in [0.15, 0.2) is 0 Å². The van der Waals surface area contributed by atoms with Gasteiger partial charge >= 0.3 is 12.0 Å². The minimum Gasteiger partial charge on any atom is -0.481 e. The van der Waals surface area contributed by atoms with Crippen molar-refractivity contribution in [3.8, 4) is 0 Å². The molecular formula is C20H30N2O5. The molecule has 1 aliphatic rings. The lowest BCUT2D eigenvalue weighted by atomic mass is 9.86. The van der Waals surface area contributed by atoms with Gasteiger partial charge in [-0.1, -0.05) is 24.3 Å². The number of ether oxygens (including phenoxy) is 2. The van der Waals surface area contributed by atoms with Crippen LogP contribution in [0, 0.1) is 5.92 Å². The van der Waals surface area contributed by atoms with Crippen LogP contribution in [0.5, 0.6) is 0 Å². The van der Waals surface area contributed by atoms with Crippen molar-refractivity contribution in [3.63, 3.8) is 0 Å². The lowest BCUT2D eigenvalue weighted by Crippen LogP contribution is -2.43. The van der Waals surface area contributed by atoms with Crippen LogP contribution in [-0.4, -0.2) is 43.0 Å². The van der Waals surface area contributed by atoms with E-state index in [9.17, 15) is 9.59 Å². The molecule has 0 unspecified atom stereocenters. The molecule has 2 rings (SSSR count). The fraction of sp³-hybridized carbons (Fsp3) is 0.600. The van der Waals surface area contributed by atoms with E-state index in [1.807, 2.05) is 31.2 Å². The van der Waals surface area contributed by atoms with Crippen LogP contribution < -0.4 is 10.6 Å². The van der Waals surface area contributed by atoms with E-state index in [1.54, 1.807) is 0 Å². The van der Waals surface area contributed by atoms with Crippen molar-refractivity contribution in [2.24, 2.45) is 5.92 Å². The number of rotatable bonds is 10. The van der Waals surface area contributed by atoms with Crippen molar-refractivity contribution in [2.75, 3.05) is 19.8 Å². The van der Waals surface area contributed by atoms with Gasteiger partial charge < -0.3 is 25.2 Å². The van der Waals surface area contributed by atoms with Gasteiger partial charge in [-0.05, 0) is 43.7 Å². The summed E-state index contributed by atoms with van der Waals surface area (Å²) in [7, 11) is 0. The number of hydrogen-bond acceptors (Lipinski definition) is 4. The number of carbonyl (C=O) groups excluding carboxylic acids is 1. The second-order valence-electron chi connectivity index (χ2n) is 6.78. The molecule has 0 spiro atoms. The lowest BCUT2D eigenvalue weighted by molar-refractivity contribution is -0.142. The number of benzene rings is 1. The maximum absolute atomic E-state index is 12.1. The average molecular weight is 378 g/mol. The largest absolute Gasteiger partial charge is 0.481 e. The van der Waals surface area contributed by atoms with Gasteiger partial charge in [0.2, 0.25) is 0 Å². The van der Waals surface area contributed by atoms with Gasteiger partial charge in [0.25, 0.3) is 0 Å². The molecule has 0 saturated heterocycles. The Morgan fingerprint density at radius 1 is 1.11 bits per heavy atom. The minimum absolute atomic E-state index is 0.0469. The standard InChI is InChI=1S/C20H30N2O5/c1-2-26-10-11-27-14-16-5-3-4-15(12-16)13-21-20(25)22-18-8-6-17(7-9-18)19(23)24/h3-5,12,17-18H,2,6-11,13-14H2,1H3,(H,23,24)(H2,21,22,25). The van der Waals surface area contributed by atoms with Crippen molar-refractivity contribution in [1.29, 1.82) is 0 Å². The molecule has 0 heterocycles. The summed E-state index contributed by atoms with van der Waals surface area (Å²) in [6.45, 7) is 4.74. The Balaban J connectivity index is 1.67. The van der Waals surface area contributed by atoms with Crippen molar-refractivity contribution in [2.45, 2.75) is 51.8 Å². The van der Waals surface area contributed by atoms with Gasteiger partial charge in [-0.2, -0.15) is 0 Å². The predicted octanol–water partition coefficient (Wildman–Crippen LogP) is 2.68. The maximum Gasteiger partial charge on any atom is 0.315 e. The Kier molecular flexibility index (Phi) is 9.07. The Labute approximate surface area is 160 Å². The van der Waals surface area contributed by atoms with Crippen LogP contribution in [0.25, 0.3) is 0 Å². The predicted molar refractivity (Wildman–Crippen MR) is 101 cm³/mol. The summed E-state index contributed by atoms with van der Waals surface area (Å²) in [5.41, 5.74) is 2.06. The van der Waals surface area contributed by atoms with Crippen molar-refractivity contribution < 1.29 is 24.2 Å². The molecule has 1 aliphatic carbocycles. The molecule has 1 aromatic rings. The van der Waals surface area contributed by atoms with Crippen LogP contribution in [0.2, 0.25) is 0 Å². The average Bonchev–Trinajstić information content (AvgIpc) is 2.67. The highest BCUT2D eigenvalue weighted by Gasteiger charge is 2.26. The zero-order chi connectivity index (χ0) is 19.5. The zero-order valence-corrected chi connectivity index (χ0v) is 15.9. The number of hydrogen-bond donors (Lipinski definition) is 3. The lowest BCUT2D eigenvalue weighted by Gasteiger charge is -2.26. The third kappa shape index (κ3) is 7.97. The van der Waals surface area contributed by atoms with Crippen LogP contribution in [-0.2, 0) is 27.4 Å². The summed E-state index contributed by atoms with van der Waals surface area (Å²) >= 11 is 0. The molecule has 0 bridgehead atoms. The topological polar surface area (TPSA) is 96.9 Å². The van der Waals surface area contributed by atoms with Crippen molar-refractivity contribution >= 4 is 12.0 Å². The van der Waals surface area contributed by atoms with Gasteiger partial charge in [0.1, 0.15) is 0 Å². The van der Waals surface area contributed by atoms with Gasteiger partial charge in [0, 0.05) is 19.2 Å². The first-order valence-electron chi connectivity index (χ1n) is 9.59. The molecule has 3 N–H and O–H groups in total. The van der Waals surface area contributed by atoms with Gasteiger partial charge in [-0.15, -0.1) is 0 Å². The number of aliphatic carboxylic acids is 1. The molecule has 27 heavy (non-hydrogen) atoms. The number of urea groups is 1. The fourth-order valence-electron chi connectivity index (χ4n) is 3.19. The first kappa shape index (κ1) is 21.2. The smallest absolute Gasteiger partial charge is 0.315 e. The molecule has 7 heteroatoms. The van der Waals surface area contributed by atoms with E-state index in [2.05, 4.69) is 10.6 Å². The Morgan fingerprint density at radius 3 is 2.52 bits per heavy atom. The van der Waals surface area contributed by atoms with Crippen LogP contribution in [0.3, 0.4) is 0 Å². The third-order valence-electron chi connectivity index (χ3n) is 4.70. The van der Waals surface area contributed by atoms with Crippen molar-refractivity contribution in [1.82, 2.24) is 10.6 Å². The van der Waals surface area contributed by atoms with Crippen molar-refractivity contribution in [3.05, 3.63) is 35.4 Å². The molecule has 1 saturated carbocycles. The first-order valence-corrected chi connectivity index (χ1v) is 9.59. The minimum atomic E-state index is -0.736. The number of nitrogens with one attached hydrogen (secondary N) is 2. The van der Waals surface area contributed by atoms with E-state index in [0.717, 1.165) is 11.1 Å². The summed E-state index contributed by atoms with van der Waals surface area (Å²) in [6, 6.07) is 7.74. The third-order valence-corrected chi connectivity index (χ3v) is 4.70. The summed E-state index contributed by atoms with van der Waals surface area (Å²) in [4.78, 5) is 23.0. The Hall–Kier alpha value is -2.12. The van der Waals surface area contributed by atoms with E-state index in [1.165, 1.54) is 0 Å². The summed E-state index contributed by atoms with van der Waals surface area (Å²) in [5, 5.41) is 14.8. The van der Waals surface area contributed by atoms with Crippen LogP contribution in [0.15, 0.2) is 24.3 Å². The van der Waals surface area contributed by atoms with E-state index in [0.29, 0.717) is 58.7 Å². The summed E-state index contributed by atoms with van der Waals surface area (Å²) < 4.78 is 10.8. The number of carboxylic acid groups (broad SMARTS) is 1. The molecule has 0 atom stereocenters. The Bertz CT molecular complexity index is 600. The monoisotopic (exact) mass is 378 g/mol. The molecule has 0 aromatic heterocycles. The van der Waals surface area contributed by atoms with E-state index >= 15 is 0 Å². The van der Waals surface area contributed by atoms with Gasteiger partial charge in [-0.3, -0.25) is 4.79 Å². The van der Waals surface area contributed by atoms with Crippen LogP contribution >= 0.6 is 0 Å².